The first kappa shape index (κ1) is 20.5. The third kappa shape index (κ3) is 3.63. The maximum absolute atomic E-state index is 13.2. The predicted molar refractivity (Wildman–Crippen MR) is 113 cm³/mol. The van der Waals surface area contributed by atoms with Gasteiger partial charge >= 0.3 is 11.9 Å². The molecule has 0 saturated heterocycles. The Morgan fingerprint density at radius 2 is 1.77 bits per heavy atom. The molecule has 0 N–H and O–H groups in total. The molecule has 0 atom stereocenters. The zero-order valence-electron chi connectivity index (χ0n) is 16.9. The van der Waals surface area contributed by atoms with E-state index in [1.807, 2.05) is 6.92 Å². The minimum absolute atomic E-state index is 0.110. The van der Waals surface area contributed by atoms with E-state index >= 15 is 0 Å². The van der Waals surface area contributed by atoms with Crippen LogP contribution < -0.4 is 5.56 Å². The van der Waals surface area contributed by atoms with Crippen molar-refractivity contribution in [1.29, 1.82) is 0 Å². The number of pyridine rings is 1. The summed E-state index contributed by atoms with van der Waals surface area (Å²) in [6.07, 6.45) is 2.97. The van der Waals surface area contributed by atoms with Crippen LogP contribution in [-0.4, -0.2) is 56.1 Å². The van der Waals surface area contributed by atoms with E-state index in [1.165, 1.54) is 65.7 Å². The zero-order chi connectivity index (χ0) is 22.1. The Kier molecular flexibility index (Phi) is 5.42. The second kappa shape index (κ2) is 8.19. The normalized spacial score (nSPS) is 11.1. The smallest absolute Gasteiger partial charge is 0.337 e. The lowest BCUT2D eigenvalue weighted by Crippen LogP contribution is -2.20. The summed E-state index contributed by atoms with van der Waals surface area (Å²) >= 11 is 1.47. The number of carbonyl (C=O) groups excluding carboxylic acids is 2. The number of carbonyl (C=O) groups is 2. The monoisotopic (exact) mass is 439 g/mol. The molecular weight excluding hydrogens is 422 g/mol. The number of hydrogen-bond donors (Lipinski definition) is 0. The van der Waals surface area contributed by atoms with Gasteiger partial charge in [-0.1, -0.05) is 18.7 Å². The Balaban J connectivity index is 1.92. The van der Waals surface area contributed by atoms with Crippen LogP contribution in [0, 0.1) is 0 Å². The summed E-state index contributed by atoms with van der Waals surface area (Å²) in [6.45, 7) is 1.99. The summed E-state index contributed by atoms with van der Waals surface area (Å²) in [6, 6.07) is 5.97. The Morgan fingerprint density at radius 1 is 1.10 bits per heavy atom. The van der Waals surface area contributed by atoms with Crippen molar-refractivity contribution in [1.82, 2.24) is 24.1 Å². The van der Waals surface area contributed by atoms with Gasteiger partial charge in [0.05, 0.1) is 41.9 Å². The standard InChI is InChI=1S/C20H17N5O5S/c1-4-31-20-22-19-21-10-14-15(25(19)23-20)5-6-24(16(14)26)13-8-11(17(27)29-2)7-12(9-13)18(28)30-3/h5-10H,4H2,1-3H3. The highest BCUT2D eigenvalue weighted by Gasteiger charge is 2.17. The molecule has 0 amide bonds. The van der Waals surface area contributed by atoms with E-state index in [0.717, 1.165) is 5.75 Å². The number of methoxy groups -OCH3 is 2. The fourth-order valence-corrected chi connectivity index (χ4v) is 3.66. The Hall–Kier alpha value is -3.73. The maximum Gasteiger partial charge on any atom is 0.337 e. The van der Waals surface area contributed by atoms with Crippen LogP contribution in [0.15, 0.2) is 46.6 Å². The van der Waals surface area contributed by atoms with Gasteiger partial charge in [0.1, 0.15) is 0 Å². The van der Waals surface area contributed by atoms with Crippen molar-refractivity contribution in [3.05, 3.63) is 58.1 Å². The number of ether oxygens (including phenoxy) is 2. The lowest BCUT2D eigenvalue weighted by molar-refractivity contribution is 0.0599. The number of hydrogen-bond acceptors (Lipinski definition) is 9. The van der Waals surface area contributed by atoms with Crippen LogP contribution in [0.2, 0.25) is 0 Å². The van der Waals surface area contributed by atoms with Gasteiger partial charge in [0.15, 0.2) is 0 Å². The molecule has 10 nitrogen and oxygen atoms in total. The van der Waals surface area contributed by atoms with Crippen LogP contribution in [0.1, 0.15) is 27.6 Å². The van der Waals surface area contributed by atoms with E-state index in [9.17, 15) is 14.4 Å². The average molecular weight is 439 g/mol. The number of rotatable bonds is 5. The summed E-state index contributed by atoms with van der Waals surface area (Å²) < 4.78 is 12.3. The molecule has 4 aromatic rings. The summed E-state index contributed by atoms with van der Waals surface area (Å²) in [5.41, 5.74) is 0.664. The zero-order valence-corrected chi connectivity index (χ0v) is 17.7. The van der Waals surface area contributed by atoms with Gasteiger partial charge in [-0.05, 0) is 30.0 Å². The number of thioether (sulfide) groups is 1. The van der Waals surface area contributed by atoms with Gasteiger partial charge in [-0.2, -0.15) is 9.50 Å². The second-order valence-corrected chi connectivity index (χ2v) is 7.57. The largest absolute Gasteiger partial charge is 0.465 e. The third-order valence-corrected chi connectivity index (χ3v) is 5.25. The fraction of sp³-hybridized carbons (Fsp3) is 0.200. The Morgan fingerprint density at radius 3 is 2.39 bits per heavy atom. The molecule has 4 rings (SSSR count). The van der Waals surface area contributed by atoms with E-state index in [2.05, 4.69) is 15.1 Å². The average Bonchev–Trinajstić information content (AvgIpc) is 3.21. The second-order valence-electron chi connectivity index (χ2n) is 6.34. The van der Waals surface area contributed by atoms with E-state index in [0.29, 0.717) is 27.5 Å². The van der Waals surface area contributed by atoms with E-state index in [-0.39, 0.29) is 11.1 Å². The van der Waals surface area contributed by atoms with Crippen molar-refractivity contribution in [2.75, 3.05) is 20.0 Å². The minimum atomic E-state index is -0.646. The highest BCUT2D eigenvalue weighted by Crippen LogP contribution is 2.19. The molecule has 0 spiro atoms. The van der Waals surface area contributed by atoms with Gasteiger partial charge in [0, 0.05) is 12.4 Å². The molecule has 0 bridgehead atoms. The van der Waals surface area contributed by atoms with Crippen molar-refractivity contribution in [2.24, 2.45) is 0 Å². The van der Waals surface area contributed by atoms with E-state index < -0.39 is 17.5 Å². The fourth-order valence-electron chi connectivity index (χ4n) is 3.12. The molecule has 0 saturated carbocycles. The molecular formula is C20H17N5O5S. The van der Waals surface area contributed by atoms with Crippen molar-refractivity contribution in [2.45, 2.75) is 12.1 Å². The number of aromatic nitrogens is 5. The van der Waals surface area contributed by atoms with Crippen LogP contribution in [0.5, 0.6) is 0 Å². The molecule has 0 fully saturated rings. The Labute approximate surface area is 179 Å². The summed E-state index contributed by atoms with van der Waals surface area (Å²) in [5.74, 6) is -0.0948. The molecule has 0 unspecified atom stereocenters. The number of benzene rings is 1. The van der Waals surface area contributed by atoms with Gasteiger partial charge in [-0.25, -0.2) is 14.6 Å². The molecule has 1 aromatic carbocycles. The van der Waals surface area contributed by atoms with Crippen molar-refractivity contribution in [3.63, 3.8) is 0 Å². The highest BCUT2D eigenvalue weighted by molar-refractivity contribution is 7.99. The van der Waals surface area contributed by atoms with Gasteiger partial charge in [-0.3, -0.25) is 9.36 Å². The van der Waals surface area contributed by atoms with Crippen molar-refractivity contribution >= 4 is 40.4 Å². The van der Waals surface area contributed by atoms with Gasteiger partial charge in [0.25, 0.3) is 11.3 Å². The molecule has 11 heteroatoms. The molecule has 0 aliphatic rings. The molecule has 158 valence electrons. The lowest BCUT2D eigenvalue weighted by atomic mass is 10.1. The molecule has 0 aliphatic heterocycles. The SMILES string of the molecule is CCSc1nc2ncc3c(=O)n(-c4cc(C(=O)OC)cc(C(=O)OC)c4)ccc3n2n1. The summed E-state index contributed by atoms with van der Waals surface area (Å²) in [5, 5.41) is 5.28. The van der Waals surface area contributed by atoms with Crippen LogP contribution >= 0.6 is 11.8 Å². The first-order chi connectivity index (χ1) is 15.0. The minimum Gasteiger partial charge on any atom is -0.465 e. The summed E-state index contributed by atoms with van der Waals surface area (Å²) in [4.78, 5) is 45.9. The van der Waals surface area contributed by atoms with E-state index in [1.54, 1.807) is 6.07 Å². The molecule has 0 aliphatic carbocycles. The number of nitrogens with zero attached hydrogens (tertiary/aromatic N) is 5. The van der Waals surface area contributed by atoms with E-state index in [4.69, 9.17) is 9.47 Å². The third-order valence-electron chi connectivity index (χ3n) is 4.53. The summed E-state index contributed by atoms with van der Waals surface area (Å²) in [7, 11) is 2.46. The van der Waals surface area contributed by atoms with Crippen molar-refractivity contribution in [3.8, 4) is 5.69 Å². The van der Waals surface area contributed by atoms with Gasteiger partial charge in [0.2, 0.25) is 5.16 Å². The van der Waals surface area contributed by atoms with Gasteiger partial charge < -0.3 is 9.47 Å². The Bertz CT molecular complexity index is 1360. The van der Waals surface area contributed by atoms with Crippen molar-refractivity contribution < 1.29 is 19.1 Å². The van der Waals surface area contributed by atoms with Crippen LogP contribution in [0.3, 0.4) is 0 Å². The first-order valence-corrected chi connectivity index (χ1v) is 10.2. The topological polar surface area (TPSA) is 118 Å². The molecule has 3 heterocycles. The number of fused-ring (bicyclic) bond motifs is 3. The number of esters is 2. The van der Waals surface area contributed by atoms with Crippen LogP contribution in [-0.2, 0) is 9.47 Å². The quantitative estimate of drug-likeness (QED) is 0.340. The van der Waals surface area contributed by atoms with Crippen LogP contribution in [0.25, 0.3) is 22.4 Å². The molecule has 31 heavy (non-hydrogen) atoms. The first-order valence-electron chi connectivity index (χ1n) is 9.19. The molecule has 3 aromatic heterocycles. The molecule has 0 radical (unpaired) electrons. The predicted octanol–water partition coefficient (Wildman–Crippen LogP) is 2.11. The van der Waals surface area contributed by atoms with Gasteiger partial charge in [-0.15, -0.1) is 5.10 Å². The van der Waals surface area contributed by atoms with Crippen LogP contribution in [0.4, 0.5) is 0 Å². The maximum atomic E-state index is 13.2. The lowest BCUT2D eigenvalue weighted by Gasteiger charge is -2.11. The highest BCUT2D eigenvalue weighted by atomic mass is 32.2.